The van der Waals surface area contributed by atoms with Gasteiger partial charge in [-0.15, -0.1) is 0 Å². The van der Waals surface area contributed by atoms with Gasteiger partial charge < -0.3 is 0 Å². The van der Waals surface area contributed by atoms with Crippen LogP contribution in [0.5, 0.6) is 0 Å². The zero-order valence-corrected chi connectivity index (χ0v) is 39.4. The van der Waals surface area contributed by atoms with Crippen molar-refractivity contribution in [3.05, 3.63) is 179 Å². The second-order valence-electron chi connectivity index (χ2n) is 10.5. The van der Waals surface area contributed by atoms with Gasteiger partial charge in [-0.3, -0.25) is 0 Å². The average molecular weight is 745 g/mol. The fourth-order valence-electron chi connectivity index (χ4n) is 5.41. The van der Waals surface area contributed by atoms with E-state index in [1.54, 1.807) is 0 Å². The molecule has 0 aliphatic carbocycles. The minimum atomic E-state index is 1.07. The quantitative estimate of drug-likeness (QED) is 0.179. The van der Waals surface area contributed by atoms with Gasteiger partial charge in [0.25, 0.3) is 0 Å². The molecule has 2 aromatic carbocycles. The predicted octanol–water partition coefficient (Wildman–Crippen LogP) is 19.3. The summed E-state index contributed by atoms with van der Waals surface area (Å²) in [5, 5.41) is 2.36. The highest BCUT2D eigenvalue weighted by Gasteiger charge is 2.14. The Kier molecular flexibility index (Phi) is 42.3. The maximum Gasteiger partial charge on any atom is -0.00965 e. The van der Waals surface area contributed by atoms with Gasteiger partial charge in [-0.1, -0.05) is 219 Å². The number of fused-ring (bicyclic) bond motifs is 1. The van der Waals surface area contributed by atoms with Crippen molar-refractivity contribution in [2.75, 3.05) is 0 Å². The molecule has 0 unspecified atom stereocenters. The monoisotopic (exact) mass is 745 g/mol. The minimum absolute atomic E-state index is 1.07. The lowest BCUT2D eigenvalue weighted by molar-refractivity contribution is 1.24. The zero-order chi connectivity index (χ0) is 44.1. The molecule has 0 bridgehead atoms. The summed E-state index contributed by atoms with van der Waals surface area (Å²) in [6.45, 7) is 59.2. The Labute approximate surface area is 344 Å². The van der Waals surface area contributed by atoms with Crippen molar-refractivity contribution >= 4 is 35.1 Å². The van der Waals surface area contributed by atoms with Crippen LogP contribution >= 0.6 is 0 Å². The summed E-state index contributed by atoms with van der Waals surface area (Å²) in [6, 6.07) is 8.49. The molecule has 0 nitrogen and oxygen atoms in total. The molecule has 0 saturated heterocycles. The lowest BCUT2D eigenvalue weighted by atomic mass is 9.87. The van der Waals surface area contributed by atoms with Gasteiger partial charge in [0.15, 0.2) is 0 Å². The molecule has 0 spiro atoms. The summed E-state index contributed by atoms with van der Waals surface area (Å²) in [4.78, 5) is 0. The van der Waals surface area contributed by atoms with Gasteiger partial charge in [-0.2, -0.15) is 0 Å². The molecule has 0 aliphatic heterocycles. The molecule has 0 heteroatoms. The van der Waals surface area contributed by atoms with E-state index in [-0.39, 0.29) is 0 Å². The van der Waals surface area contributed by atoms with Crippen LogP contribution in [0.1, 0.15) is 154 Å². The molecular weight excluding hydrogens is 661 g/mol. The molecule has 0 heterocycles. The average Bonchev–Trinajstić information content (AvgIpc) is 3.24. The van der Waals surface area contributed by atoms with Crippen molar-refractivity contribution in [2.45, 2.75) is 132 Å². The molecule has 2 aromatic rings. The number of hydrogen-bond donors (Lipinski definition) is 0. The van der Waals surface area contributed by atoms with E-state index in [0.717, 1.165) is 44.5 Å². The fourth-order valence-corrected chi connectivity index (χ4v) is 5.41. The molecule has 0 aromatic heterocycles. The van der Waals surface area contributed by atoms with E-state index in [9.17, 15) is 0 Å². The van der Waals surface area contributed by atoms with Crippen molar-refractivity contribution in [3.63, 3.8) is 0 Å². The van der Waals surface area contributed by atoms with Crippen LogP contribution in [-0.4, -0.2) is 0 Å². The van der Waals surface area contributed by atoms with Crippen LogP contribution < -0.4 is 0 Å². The molecule has 304 valence electrons. The first kappa shape index (κ1) is 59.6. The van der Waals surface area contributed by atoms with Gasteiger partial charge in [-0.05, 0) is 126 Å². The van der Waals surface area contributed by atoms with Crippen LogP contribution in [0, 0.1) is 0 Å². The number of rotatable bonds is 13. The third-order valence-electron chi connectivity index (χ3n) is 7.73. The summed E-state index contributed by atoms with van der Waals surface area (Å²) >= 11 is 0. The Balaban J connectivity index is -0.000000630. The van der Waals surface area contributed by atoms with Crippen LogP contribution in [0.2, 0.25) is 0 Å². The highest BCUT2D eigenvalue weighted by atomic mass is 14.2. The molecule has 55 heavy (non-hydrogen) atoms. The first-order valence-corrected chi connectivity index (χ1v) is 20.8. The maximum absolute atomic E-state index is 4.19. The Morgan fingerprint density at radius 2 is 0.982 bits per heavy atom. The Hall–Kier alpha value is -4.68. The Morgan fingerprint density at radius 1 is 0.509 bits per heavy atom. The Bertz CT molecular complexity index is 1670. The van der Waals surface area contributed by atoms with Gasteiger partial charge >= 0.3 is 0 Å². The topological polar surface area (TPSA) is 0 Å². The van der Waals surface area contributed by atoms with E-state index < -0.39 is 0 Å². The first-order valence-electron chi connectivity index (χ1n) is 20.8. The van der Waals surface area contributed by atoms with Gasteiger partial charge in [-0.25, -0.2) is 0 Å². The van der Waals surface area contributed by atoms with Gasteiger partial charge in [0.2, 0.25) is 0 Å². The van der Waals surface area contributed by atoms with Crippen LogP contribution in [0.15, 0.2) is 156 Å². The van der Waals surface area contributed by atoms with Crippen LogP contribution in [0.25, 0.3) is 35.1 Å². The van der Waals surface area contributed by atoms with Crippen LogP contribution in [0.3, 0.4) is 0 Å². The third kappa shape index (κ3) is 19.5. The smallest absolute Gasteiger partial charge is 0.00965 e. The lowest BCUT2D eigenvalue weighted by Crippen LogP contribution is -1.96. The van der Waals surface area contributed by atoms with E-state index in [2.05, 4.69) is 141 Å². The summed E-state index contributed by atoms with van der Waals surface area (Å²) in [5.74, 6) is 0. The highest BCUT2D eigenvalue weighted by molar-refractivity contribution is 6.03. The molecule has 0 radical (unpaired) electrons. The second-order valence-corrected chi connectivity index (χ2v) is 10.5. The van der Waals surface area contributed by atoms with Crippen molar-refractivity contribution in [3.8, 4) is 0 Å². The third-order valence-corrected chi connectivity index (χ3v) is 7.73. The second kappa shape index (κ2) is 39.0. The van der Waals surface area contributed by atoms with E-state index in [4.69, 9.17) is 0 Å². The molecule has 0 fully saturated rings. The predicted molar refractivity (Wildman–Crippen MR) is 267 cm³/mol. The van der Waals surface area contributed by atoms with E-state index in [1.807, 2.05) is 126 Å². The summed E-state index contributed by atoms with van der Waals surface area (Å²) in [6.07, 6.45) is 26.7. The molecule has 0 saturated carbocycles. The van der Waals surface area contributed by atoms with Gasteiger partial charge in [0.05, 0.1) is 0 Å². The number of hydrogen-bond acceptors (Lipinski definition) is 0. The standard InChI is InChI=1S/C43H48.6C2H6/c1-13-22-30(8)37(17-5)34(12)31(9)27-35(16-4)32(10)28-36(23-14-2)33(11)29-43-38(18-6)40(24-15-3)42-26-21-20-25-41(42)39(43)19-7;6*1-2/h13-29H,1-2,4,6-7H2,3,5,8-12H3;6*1-2H3/b24-15-,30-22-,32-28+,33-29+,34-31+,35-27+,36-23+,37-17+;;;;;;. The van der Waals surface area contributed by atoms with Crippen molar-refractivity contribution in [2.24, 2.45) is 0 Å². The zero-order valence-electron chi connectivity index (χ0n) is 39.4. The molecular formula is C55H84. The number of benzene rings is 2. The maximum atomic E-state index is 4.19. The normalized spacial score (nSPS) is 12.1. The minimum Gasteiger partial charge on any atom is -0.0991 e. The molecule has 0 atom stereocenters. The van der Waals surface area contributed by atoms with Gasteiger partial charge in [0, 0.05) is 0 Å². The molecule has 2 rings (SSSR count). The fraction of sp³-hybridized carbons (Fsp3) is 0.345. The van der Waals surface area contributed by atoms with Crippen molar-refractivity contribution in [1.82, 2.24) is 0 Å². The van der Waals surface area contributed by atoms with Crippen molar-refractivity contribution in [1.29, 1.82) is 0 Å². The number of allylic oxidation sites excluding steroid dienone is 17. The lowest BCUT2D eigenvalue weighted by Gasteiger charge is -2.17. The van der Waals surface area contributed by atoms with Crippen LogP contribution in [-0.2, 0) is 0 Å². The van der Waals surface area contributed by atoms with Crippen LogP contribution in [0.4, 0.5) is 0 Å². The first-order chi connectivity index (χ1) is 26.6. The van der Waals surface area contributed by atoms with E-state index in [0.29, 0.717) is 0 Å². The van der Waals surface area contributed by atoms with E-state index in [1.165, 1.54) is 33.1 Å². The summed E-state index contributed by atoms with van der Waals surface area (Å²) < 4.78 is 0. The van der Waals surface area contributed by atoms with Crippen molar-refractivity contribution < 1.29 is 0 Å². The SMILES string of the molecule is C=C\C=C(C)/C(=C\C)C(/C)=C(C)/C=C(C=C)/C(C)=C/C(=C\C=C)C(/C)=C/c1c(C=C)c(/C=C\C)c2ccccc2c1C=C.CC.CC.CC.CC.CC.CC. The molecule has 0 amide bonds. The van der Waals surface area contributed by atoms with E-state index >= 15 is 0 Å². The highest BCUT2D eigenvalue weighted by Crippen LogP contribution is 2.36. The molecule has 0 N–H and O–H groups in total. The van der Waals surface area contributed by atoms with Gasteiger partial charge in [0.1, 0.15) is 0 Å². The molecule has 0 aliphatic rings. The summed E-state index contributed by atoms with van der Waals surface area (Å²) in [5.41, 5.74) is 13.6. The largest absolute Gasteiger partial charge is 0.0991 e. The Morgan fingerprint density at radius 3 is 1.38 bits per heavy atom. The summed E-state index contributed by atoms with van der Waals surface area (Å²) in [7, 11) is 0.